The van der Waals surface area contributed by atoms with E-state index in [1.165, 1.54) is 6.33 Å². The van der Waals surface area contributed by atoms with E-state index in [0.29, 0.717) is 12.0 Å². The summed E-state index contributed by atoms with van der Waals surface area (Å²) in [5.74, 6) is 0.979. The first kappa shape index (κ1) is 11.1. The second-order valence-corrected chi connectivity index (χ2v) is 4.26. The van der Waals surface area contributed by atoms with E-state index in [0.717, 1.165) is 26.2 Å². The highest BCUT2D eigenvalue weighted by Gasteiger charge is 2.20. The zero-order chi connectivity index (χ0) is 11.5. The number of piperazine rings is 1. The van der Waals surface area contributed by atoms with Crippen LogP contribution in [-0.2, 0) is 0 Å². The van der Waals surface area contributed by atoms with E-state index in [9.17, 15) is 0 Å². The number of rotatable bonds is 2. The van der Waals surface area contributed by atoms with Crippen molar-refractivity contribution in [2.24, 2.45) is 0 Å². The lowest BCUT2D eigenvalue weighted by Gasteiger charge is -2.36. The lowest BCUT2D eigenvalue weighted by atomic mass is 10.2. The maximum absolute atomic E-state index is 5.54. The van der Waals surface area contributed by atoms with Gasteiger partial charge in [0.05, 0.1) is 0 Å². The van der Waals surface area contributed by atoms with E-state index < -0.39 is 0 Å². The van der Waals surface area contributed by atoms with Gasteiger partial charge in [-0.2, -0.15) is 4.98 Å². The molecule has 2 rings (SSSR count). The van der Waals surface area contributed by atoms with Gasteiger partial charge in [0.15, 0.2) is 0 Å². The standard InChI is InChI=1S/C10H18N6/c1-8(2)15-3-5-16(6-4-15)10-13-7-12-9(11)14-10/h7-8H,3-6H2,1-2H3,(H2,11,12,13,14). The van der Waals surface area contributed by atoms with Gasteiger partial charge in [0.2, 0.25) is 11.9 Å². The summed E-state index contributed by atoms with van der Waals surface area (Å²) in [6.07, 6.45) is 1.46. The molecule has 1 aromatic heterocycles. The van der Waals surface area contributed by atoms with Crippen LogP contribution in [0.1, 0.15) is 13.8 Å². The van der Waals surface area contributed by atoms with Crippen molar-refractivity contribution >= 4 is 11.9 Å². The van der Waals surface area contributed by atoms with Gasteiger partial charge >= 0.3 is 0 Å². The van der Waals surface area contributed by atoms with Crippen molar-refractivity contribution in [1.29, 1.82) is 0 Å². The molecule has 88 valence electrons. The number of nitrogens with zero attached hydrogens (tertiary/aromatic N) is 5. The van der Waals surface area contributed by atoms with Crippen LogP contribution in [0.3, 0.4) is 0 Å². The highest BCUT2D eigenvalue weighted by molar-refractivity contribution is 5.33. The fourth-order valence-electron chi connectivity index (χ4n) is 1.89. The van der Waals surface area contributed by atoms with Gasteiger partial charge in [0, 0.05) is 32.2 Å². The Morgan fingerprint density at radius 2 is 1.88 bits per heavy atom. The summed E-state index contributed by atoms with van der Waals surface area (Å²) in [5, 5.41) is 0. The van der Waals surface area contributed by atoms with Crippen molar-refractivity contribution in [2.75, 3.05) is 36.8 Å². The number of nitrogen functional groups attached to an aromatic ring is 1. The molecular weight excluding hydrogens is 204 g/mol. The lowest BCUT2D eigenvalue weighted by molar-refractivity contribution is 0.208. The van der Waals surface area contributed by atoms with Crippen molar-refractivity contribution in [3.63, 3.8) is 0 Å². The number of anilines is 2. The molecule has 1 fully saturated rings. The summed E-state index contributed by atoms with van der Waals surface area (Å²) < 4.78 is 0. The van der Waals surface area contributed by atoms with E-state index >= 15 is 0 Å². The summed E-state index contributed by atoms with van der Waals surface area (Å²) in [7, 11) is 0. The second-order valence-electron chi connectivity index (χ2n) is 4.26. The molecule has 0 unspecified atom stereocenters. The number of aromatic nitrogens is 3. The summed E-state index contributed by atoms with van der Waals surface area (Å²) >= 11 is 0. The van der Waals surface area contributed by atoms with Crippen molar-refractivity contribution < 1.29 is 0 Å². The molecule has 0 saturated carbocycles. The van der Waals surface area contributed by atoms with Gasteiger partial charge in [-0.05, 0) is 13.8 Å². The molecule has 0 bridgehead atoms. The Labute approximate surface area is 95.5 Å². The summed E-state index contributed by atoms with van der Waals surface area (Å²) in [6.45, 7) is 8.42. The molecule has 6 nitrogen and oxygen atoms in total. The lowest BCUT2D eigenvalue weighted by Crippen LogP contribution is -2.49. The van der Waals surface area contributed by atoms with Crippen LogP contribution in [0, 0.1) is 0 Å². The number of hydrogen-bond donors (Lipinski definition) is 1. The first-order valence-electron chi connectivity index (χ1n) is 5.60. The van der Waals surface area contributed by atoms with Crippen molar-refractivity contribution in [3.05, 3.63) is 6.33 Å². The average molecular weight is 222 g/mol. The van der Waals surface area contributed by atoms with E-state index in [2.05, 4.69) is 38.6 Å². The van der Waals surface area contributed by atoms with Crippen LogP contribution in [0.15, 0.2) is 6.33 Å². The molecule has 2 N–H and O–H groups in total. The molecule has 1 aliphatic heterocycles. The topological polar surface area (TPSA) is 71.2 Å². The molecule has 2 heterocycles. The van der Waals surface area contributed by atoms with Gasteiger partial charge in [-0.1, -0.05) is 0 Å². The van der Waals surface area contributed by atoms with Gasteiger partial charge in [0.25, 0.3) is 0 Å². The van der Waals surface area contributed by atoms with Crippen LogP contribution in [0.5, 0.6) is 0 Å². The van der Waals surface area contributed by atoms with Gasteiger partial charge in [-0.15, -0.1) is 0 Å². The van der Waals surface area contributed by atoms with E-state index in [1.807, 2.05) is 0 Å². The predicted molar refractivity (Wildman–Crippen MR) is 63.2 cm³/mol. The van der Waals surface area contributed by atoms with Crippen molar-refractivity contribution in [3.8, 4) is 0 Å². The third kappa shape index (κ3) is 2.38. The third-order valence-corrected chi connectivity index (χ3v) is 2.91. The molecular formula is C10H18N6. The van der Waals surface area contributed by atoms with Gasteiger partial charge in [-0.25, -0.2) is 9.97 Å². The quantitative estimate of drug-likeness (QED) is 0.758. The molecule has 0 spiro atoms. The average Bonchev–Trinajstić information content (AvgIpc) is 2.29. The molecule has 0 radical (unpaired) electrons. The largest absolute Gasteiger partial charge is 0.368 e. The van der Waals surface area contributed by atoms with E-state index in [1.54, 1.807) is 0 Å². The highest BCUT2D eigenvalue weighted by atomic mass is 15.3. The monoisotopic (exact) mass is 222 g/mol. The minimum absolute atomic E-state index is 0.288. The van der Waals surface area contributed by atoms with Crippen LogP contribution < -0.4 is 10.6 Å². The van der Waals surface area contributed by atoms with Crippen molar-refractivity contribution in [2.45, 2.75) is 19.9 Å². The molecule has 0 aliphatic carbocycles. The number of nitrogens with two attached hydrogens (primary N) is 1. The normalized spacial score (nSPS) is 18.1. The van der Waals surface area contributed by atoms with Crippen LogP contribution in [0.25, 0.3) is 0 Å². The Bertz CT molecular complexity index is 345. The van der Waals surface area contributed by atoms with Crippen LogP contribution in [-0.4, -0.2) is 52.1 Å². The fraction of sp³-hybridized carbons (Fsp3) is 0.700. The predicted octanol–water partition coefficient (Wildman–Crippen LogP) is -0.0158. The first-order valence-corrected chi connectivity index (χ1v) is 5.60. The number of hydrogen-bond acceptors (Lipinski definition) is 6. The second kappa shape index (κ2) is 4.61. The molecule has 1 aliphatic rings. The minimum Gasteiger partial charge on any atom is -0.368 e. The third-order valence-electron chi connectivity index (χ3n) is 2.91. The Hall–Kier alpha value is -1.43. The maximum atomic E-state index is 5.54. The molecule has 6 heteroatoms. The smallest absolute Gasteiger partial charge is 0.230 e. The fourth-order valence-corrected chi connectivity index (χ4v) is 1.89. The van der Waals surface area contributed by atoms with Crippen LogP contribution in [0.2, 0.25) is 0 Å². The maximum Gasteiger partial charge on any atom is 0.230 e. The molecule has 0 atom stereocenters. The summed E-state index contributed by atoms with van der Waals surface area (Å²) in [4.78, 5) is 16.7. The van der Waals surface area contributed by atoms with E-state index in [4.69, 9.17) is 5.73 Å². The molecule has 0 aromatic carbocycles. The highest BCUT2D eigenvalue weighted by Crippen LogP contribution is 2.12. The molecule has 0 amide bonds. The van der Waals surface area contributed by atoms with Crippen LogP contribution in [0.4, 0.5) is 11.9 Å². The Morgan fingerprint density at radius 1 is 1.19 bits per heavy atom. The molecule has 16 heavy (non-hydrogen) atoms. The minimum atomic E-state index is 0.288. The van der Waals surface area contributed by atoms with Crippen molar-refractivity contribution in [1.82, 2.24) is 19.9 Å². The SMILES string of the molecule is CC(C)N1CCN(c2ncnc(N)n2)CC1. The zero-order valence-corrected chi connectivity index (χ0v) is 9.80. The van der Waals surface area contributed by atoms with Gasteiger partial charge < -0.3 is 10.6 Å². The molecule has 1 aromatic rings. The first-order chi connectivity index (χ1) is 7.66. The Kier molecular flexibility index (Phi) is 3.19. The van der Waals surface area contributed by atoms with Gasteiger partial charge in [-0.3, -0.25) is 4.90 Å². The van der Waals surface area contributed by atoms with E-state index in [-0.39, 0.29) is 5.95 Å². The summed E-state index contributed by atoms with van der Waals surface area (Å²) in [6, 6.07) is 0.602. The van der Waals surface area contributed by atoms with Gasteiger partial charge in [0.1, 0.15) is 6.33 Å². The summed E-state index contributed by atoms with van der Waals surface area (Å²) in [5.41, 5.74) is 5.54. The molecule has 1 saturated heterocycles. The Morgan fingerprint density at radius 3 is 2.44 bits per heavy atom. The van der Waals surface area contributed by atoms with Crippen LogP contribution >= 0.6 is 0 Å². The zero-order valence-electron chi connectivity index (χ0n) is 9.80. The Balaban J connectivity index is 1.99.